The van der Waals surface area contributed by atoms with Gasteiger partial charge < -0.3 is 15.5 Å². The van der Waals surface area contributed by atoms with Crippen molar-refractivity contribution in [2.45, 2.75) is 26.3 Å². The van der Waals surface area contributed by atoms with E-state index in [-0.39, 0.29) is 35.8 Å². The molecule has 1 saturated heterocycles. The van der Waals surface area contributed by atoms with E-state index in [1.54, 1.807) is 0 Å². The van der Waals surface area contributed by atoms with Crippen LogP contribution in [0.25, 0.3) is 5.69 Å². The number of carbonyl (C=O) groups excluding carboxylic acids is 1. The van der Waals surface area contributed by atoms with Gasteiger partial charge in [-0.25, -0.2) is 9.67 Å². The standard InChI is InChI=1S/C26H32N6O.HI/c1-2-27-26(29-17-23-18-30-32(20-23)24-11-7-4-8-12-24)28-16-22-15-25(33)31(19-22)14-13-21-9-5-3-6-10-21;/h3-12,18,20,22H,2,13-17,19H2,1H3,(H2,27,28,29);1H. The number of aromatic nitrogens is 2. The van der Waals surface area contributed by atoms with Crippen LogP contribution in [0.5, 0.6) is 0 Å². The zero-order chi connectivity index (χ0) is 22.9. The summed E-state index contributed by atoms with van der Waals surface area (Å²) in [7, 11) is 0. The van der Waals surface area contributed by atoms with Crippen molar-refractivity contribution in [3.63, 3.8) is 0 Å². The Hall–Kier alpha value is -2.88. The molecule has 7 nitrogen and oxygen atoms in total. The Morgan fingerprint density at radius 3 is 2.53 bits per heavy atom. The van der Waals surface area contributed by atoms with Gasteiger partial charge in [0.2, 0.25) is 5.91 Å². The van der Waals surface area contributed by atoms with Crippen molar-refractivity contribution < 1.29 is 4.79 Å². The van der Waals surface area contributed by atoms with Gasteiger partial charge in [-0.1, -0.05) is 48.5 Å². The second-order valence-corrected chi connectivity index (χ2v) is 8.35. The van der Waals surface area contributed by atoms with Crippen molar-refractivity contribution >= 4 is 35.8 Å². The van der Waals surface area contributed by atoms with Gasteiger partial charge in [-0.15, -0.1) is 24.0 Å². The molecular weight excluding hydrogens is 539 g/mol. The smallest absolute Gasteiger partial charge is 0.223 e. The Morgan fingerprint density at radius 2 is 1.79 bits per heavy atom. The fourth-order valence-electron chi connectivity index (χ4n) is 4.03. The Labute approximate surface area is 218 Å². The van der Waals surface area contributed by atoms with Gasteiger partial charge >= 0.3 is 0 Å². The number of hydrogen-bond acceptors (Lipinski definition) is 3. The third-order valence-corrected chi connectivity index (χ3v) is 5.79. The predicted molar refractivity (Wildman–Crippen MR) is 147 cm³/mol. The summed E-state index contributed by atoms with van der Waals surface area (Å²) in [5.74, 6) is 1.30. The minimum Gasteiger partial charge on any atom is -0.357 e. The van der Waals surface area contributed by atoms with Crippen molar-refractivity contribution in [2.24, 2.45) is 10.9 Å². The van der Waals surface area contributed by atoms with Crippen molar-refractivity contribution in [1.29, 1.82) is 0 Å². The van der Waals surface area contributed by atoms with E-state index in [9.17, 15) is 4.79 Å². The topological polar surface area (TPSA) is 74.5 Å². The summed E-state index contributed by atoms with van der Waals surface area (Å²) in [5, 5.41) is 11.2. The van der Waals surface area contributed by atoms with E-state index in [1.807, 2.05) is 70.5 Å². The number of halogens is 1. The maximum atomic E-state index is 12.4. The van der Waals surface area contributed by atoms with E-state index in [0.29, 0.717) is 13.0 Å². The first-order valence-electron chi connectivity index (χ1n) is 11.6. The van der Waals surface area contributed by atoms with Crippen molar-refractivity contribution in [3.05, 3.63) is 84.2 Å². The van der Waals surface area contributed by atoms with Gasteiger partial charge in [0.15, 0.2) is 5.96 Å². The van der Waals surface area contributed by atoms with Gasteiger partial charge in [-0.3, -0.25) is 4.79 Å². The SMILES string of the molecule is CCNC(=NCc1cnn(-c2ccccc2)c1)NCC1CC(=O)N(CCc2ccccc2)C1.I. The number of nitrogens with zero attached hydrogens (tertiary/aromatic N) is 4. The molecule has 2 N–H and O–H groups in total. The van der Waals surface area contributed by atoms with Crippen LogP contribution in [-0.4, -0.2) is 52.7 Å². The molecule has 0 spiro atoms. The summed E-state index contributed by atoms with van der Waals surface area (Å²) < 4.78 is 1.86. The van der Waals surface area contributed by atoms with E-state index in [4.69, 9.17) is 4.99 Å². The number of hydrogen-bond donors (Lipinski definition) is 2. The number of likely N-dealkylation sites (tertiary alicyclic amines) is 1. The van der Waals surface area contributed by atoms with E-state index in [0.717, 1.165) is 49.8 Å². The van der Waals surface area contributed by atoms with Crippen LogP contribution in [0.2, 0.25) is 0 Å². The van der Waals surface area contributed by atoms with Crippen molar-refractivity contribution in [3.8, 4) is 5.69 Å². The number of benzene rings is 2. The second-order valence-electron chi connectivity index (χ2n) is 8.35. The average Bonchev–Trinajstić information content (AvgIpc) is 3.47. The second kappa shape index (κ2) is 13.1. The van der Waals surface area contributed by atoms with E-state index >= 15 is 0 Å². The number of rotatable bonds is 9. The van der Waals surface area contributed by atoms with Gasteiger partial charge in [0.1, 0.15) is 0 Å². The maximum absolute atomic E-state index is 12.4. The van der Waals surface area contributed by atoms with Gasteiger partial charge in [-0.2, -0.15) is 5.10 Å². The number of amides is 1. The number of aliphatic imine (C=N–C) groups is 1. The monoisotopic (exact) mass is 572 g/mol. The Bertz CT molecular complexity index is 1050. The number of nitrogens with one attached hydrogen (secondary N) is 2. The molecule has 180 valence electrons. The lowest BCUT2D eigenvalue weighted by Crippen LogP contribution is -2.40. The summed E-state index contributed by atoms with van der Waals surface area (Å²) >= 11 is 0. The normalized spacial score (nSPS) is 15.8. The molecule has 1 atom stereocenters. The Morgan fingerprint density at radius 1 is 1.06 bits per heavy atom. The van der Waals surface area contributed by atoms with Crippen LogP contribution < -0.4 is 10.6 Å². The lowest BCUT2D eigenvalue weighted by atomic mass is 10.1. The largest absolute Gasteiger partial charge is 0.357 e. The zero-order valence-electron chi connectivity index (χ0n) is 19.6. The van der Waals surface area contributed by atoms with Crippen molar-refractivity contribution in [1.82, 2.24) is 25.3 Å². The summed E-state index contributed by atoms with van der Waals surface area (Å²) in [4.78, 5) is 19.1. The fourth-order valence-corrected chi connectivity index (χ4v) is 4.03. The van der Waals surface area contributed by atoms with Crippen LogP contribution in [0.1, 0.15) is 24.5 Å². The van der Waals surface area contributed by atoms with Crippen LogP contribution in [0.15, 0.2) is 78.0 Å². The van der Waals surface area contributed by atoms with E-state index in [2.05, 4.69) is 34.8 Å². The molecule has 0 radical (unpaired) electrons. The lowest BCUT2D eigenvalue weighted by molar-refractivity contribution is -0.127. The van der Waals surface area contributed by atoms with Crippen LogP contribution in [0, 0.1) is 5.92 Å². The first-order valence-corrected chi connectivity index (χ1v) is 11.6. The zero-order valence-corrected chi connectivity index (χ0v) is 21.9. The molecule has 8 heteroatoms. The minimum absolute atomic E-state index is 0. The summed E-state index contributed by atoms with van der Waals surface area (Å²) in [6, 6.07) is 20.4. The average molecular weight is 572 g/mol. The third-order valence-electron chi connectivity index (χ3n) is 5.79. The molecule has 4 rings (SSSR count). The molecule has 1 aliphatic heterocycles. The van der Waals surface area contributed by atoms with Crippen LogP contribution in [0.3, 0.4) is 0 Å². The molecule has 1 amide bonds. The summed E-state index contributed by atoms with van der Waals surface area (Å²) in [6.45, 7) is 5.66. The van der Waals surface area contributed by atoms with E-state index in [1.165, 1.54) is 5.56 Å². The van der Waals surface area contributed by atoms with Gasteiger partial charge in [0.25, 0.3) is 0 Å². The molecule has 3 aromatic rings. The molecule has 0 aliphatic carbocycles. The van der Waals surface area contributed by atoms with Crippen LogP contribution in [0.4, 0.5) is 0 Å². The highest BCUT2D eigenvalue weighted by molar-refractivity contribution is 14.0. The molecular formula is C26H33IN6O. The molecule has 2 heterocycles. The highest BCUT2D eigenvalue weighted by Gasteiger charge is 2.29. The molecule has 0 saturated carbocycles. The Kier molecular flexibility index (Phi) is 9.93. The highest BCUT2D eigenvalue weighted by Crippen LogP contribution is 2.17. The first-order chi connectivity index (χ1) is 16.2. The number of guanidine groups is 1. The molecule has 0 bridgehead atoms. The quantitative estimate of drug-likeness (QED) is 0.234. The molecule has 1 aliphatic rings. The third kappa shape index (κ3) is 7.31. The Balaban J connectivity index is 0.00000324. The van der Waals surface area contributed by atoms with E-state index < -0.39 is 0 Å². The van der Waals surface area contributed by atoms with Crippen LogP contribution in [-0.2, 0) is 17.8 Å². The summed E-state index contributed by atoms with van der Waals surface area (Å²) in [6.07, 6.45) is 5.33. The highest BCUT2D eigenvalue weighted by atomic mass is 127. The summed E-state index contributed by atoms with van der Waals surface area (Å²) in [5.41, 5.74) is 3.34. The predicted octanol–water partition coefficient (Wildman–Crippen LogP) is 3.64. The fraction of sp³-hybridized carbons (Fsp3) is 0.346. The molecule has 34 heavy (non-hydrogen) atoms. The first kappa shape index (κ1) is 25.7. The maximum Gasteiger partial charge on any atom is 0.223 e. The van der Waals surface area contributed by atoms with Gasteiger partial charge in [0, 0.05) is 50.3 Å². The lowest BCUT2D eigenvalue weighted by Gasteiger charge is -2.18. The molecule has 1 aromatic heterocycles. The minimum atomic E-state index is 0. The number of para-hydroxylation sites is 1. The molecule has 1 unspecified atom stereocenters. The van der Waals surface area contributed by atoms with Crippen molar-refractivity contribution in [2.75, 3.05) is 26.2 Å². The number of carbonyl (C=O) groups is 1. The molecule has 1 fully saturated rings. The molecule has 2 aromatic carbocycles. The van der Waals surface area contributed by atoms with Gasteiger partial charge in [0.05, 0.1) is 18.4 Å². The van der Waals surface area contributed by atoms with Crippen LogP contribution >= 0.6 is 24.0 Å². The van der Waals surface area contributed by atoms with Gasteiger partial charge in [-0.05, 0) is 31.0 Å².